The van der Waals surface area contributed by atoms with Gasteiger partial charge in [-0.15, -0.1) is 0 Å². The van der Waals surface area contributed by atoms with E-state index >= 15 is 0 Å². The van der Waals surface area contributed by atoms with Gasteiger partial charge in [-0.2, -0.15) is 0 Å². The number of hydrogen-bond acceptors (Lipinski definition) is 2. The number of aliphatic imine (C=N–C) groups is 1. The number of allylic oxidation sites excluding steroid dienone is 6. The molecule has 0 saturated carbocycles. The van der Waals surface area contributed by atoms with E-state index < -0.39 is 0 Å². The minimum atomic E-state index is 0.0479. The van der Waals surface area contributed by atoms with Crippen LogP contribution in [-0.2, 0) is 4.79 Å². The fraction of sp³-hybridized carbons (Fsp3) is 0.407. The van der Waals surface area contributed by atoms with Crippen molar-refractivity contribution >= 4 is 17.6 Å². The molecule has 0 aliphatic carbocycles. The van der Waals surface area contributed by atoms with Crippen molar-refractivity contribution in [2.45, 2.75) is 73.6 Å². The summed E-state index contributed by atoms with van der Waals surface area (Å²) in [6.07, 6.45) is 13.1. The Balaban J connectivity index is 3.64. The number of rotatable bonds is 10. The van der Waals surface area contributed by atoms with Crippen LogP contribution in [0.15, 0.2) is 70.4 Å². The third-order valence-corrected chi connectivity index (χ3v) is 5.09. The van der Waals surface area contributed by atoms with E-state index in [4.69, 9.17) is 0 Å². The summed E-state index contributed by atoms with van der Waals surface area (Å²) in [5, 5.41) is 0. The molecule has 0 aliphatic heterocycles. The maximum atomic E-state index is 12.7. The lowest BCUT2D eigenvalue weighted by atomic mass is 9.90. The Hall–Kier alpha value is -2.48. The first kappa shape index (κ1) is 24.6. The molecule has 156 valence electrons. The van der Waals surface area contributed by atoms with E-state index in [9.17, 15) is 4.79 Å². The van der Waals surface area contributed by atoms with Gasteiger partial charge in [0.2, 0.25) is 0 Å². The van der Waals surface area contributed by atoms with Crippen molar-refractivity contribution in [1.82, 2.24) is 0 Å². The maximum Gasteiger partial charge on any atom is 0.160 e. The van der Waals surface area contributed by atoms with E-state index in [2.05, 4.69) is 57.0 Å². The third kappa shape index (κ3) is 7.81. The van der Waals surface area contributed by atoms with Gasteiger partial charge in [0.25, 0.3) is 0 Å². The van der Waals surface area contributed by atoms with Crippen LogP contribution in [0.1, 0.15) is 84.8 Å². The molecule has 2 nitrogen and oxygen atoms in total. The number of ketones is 1. The topological polar surface area (TPSA) is 29.4 Å². The predicted octanol–water partition coefficient (Wildman–Crippen LogP) is 7.84. The highest BCUT2D eigenvalue weighted by atomic mass is 16.1. The Bertz CT molecular complexity index is 834. The summed E-state index contributed by atoms with van der Waals surface area (Å²) in [6, 6.07) is 8.36. The van der Waals surface area contributed by atoms with Crippen LogP contribution in [0.25, 0.3) is 6.08 Å². The van der Waals surface area contributed by atoms with E-state index in [1.165, 1.54) is 11.1 Å². The fourth-order valence-corrected chi connectivity index (χ4v) is 3.20. The summed E-state index contributed by atoms with van der Waals surface area (Å²) < 4.78 is 0. The fourth-order valence-electron chi connectivity index (χ4n) is 3.20. The molecule has 0 fully saturated rings. The first-order chi connectivity index (χ1) is 13.8. The zero-order valence-electron chi connectivity index (χ0n) is 19.3. The summed E-state index contributed by atoms with van der Waals surface area (Å²) in [7, 11) is 0. The van der Waals surface area contributed by atoms with E-state index in [1.807, 2.05) is 38.1 Å². The molecule has 0 heterocycles. The van der Waals surface area contributed by atoms with Gasteiger partial charge in [0, 0.05) is 23.1 Å². The Morgan fingerprint density at radius 2 is 1.76 bits per heavy atom. The summed E-state index contributed by atoms with van der Waals surface area (Å²) in [6.45, 7) is 14.3. The number of Topliss-reactive ketones (excluding diaryl/α,β-unsaturated/α-hetero) is 1. The van der Waals surface area contributed by atoms with Crippen molar-refractivity contribution in [3.8, 4) is 0 Å². The molecule has 0 bridgehead atoms. The normalized spacial score (nSPS) is 15.1. The Morgan fingerprint density at radius 1 is 1.07 bits per heavy atom. The second kappa shape index (κ2) is 12.9. The minimum absolute atomic E-state index is 0.0479. The van der Waals surface area contributed by atoms with Crippen LogP contribution >= 0.6 is 0 Å². The molecule has 1 aromatic carbocycles. The van der Waals surface area contributed by atoms with E-state index in [-0.39, 0.29) is 5.78 Å². The Labute approximate surface area is 177 Å². The van der Waals surface area contributed by atoms with Crippen LogP contribution in [0.4, 0.5) is 0 Å². The van der Waals surface area contributed by atoms with Gasteiger partial charge in [-0.05, 0) is 63.7 Å². The second-order valence-corrected chi connectivity index (χ2v) is 7.59. The Kier molecular flexibility index (Phi) is 10.9. The first-order valence-corrected chi connectivity index (χ1v) is 10.7. The van der Waals surface area contributed by atoms with Gasteiger partial charge in [-0.25, -0.2) is 0 Å². The van der Waals surface area contributed by atoms with Crippen LogP contribution in [0, 0.1) is 0 Å². The highest BCUT2D eigenvalue weighted by Gasteiger charge is 2.15. The third-order valence-electron chi connectivity index (χ3n) is 5.09. The number of hydrogen-bond donors (Lipinski definition) is 0. The van der Waals surface area contributed by atoms with Gasteiger partial charge in [0.15, 0.2) is 5.78 Å². The SMILES string of the molecule is C\C=C/N=C(C)/C(=C\C=C(\C)CCC)C(=C/c1ccccc1C(C)CC)/C(C)=O. The quantitative estimate of drug-likeness (QED) is 0.227. The summed E-state index contributed by atoms with van der Waals surface area (Å²) in [5.74, 6) is 0.486. The molecule has 1 rings (SSSR count). The molecule has 0 aliphatic rings. The largest absolute Gasteiger partial charge is 0.294 e. The predicted molar refractivity (Wildman–Crippen MR) is 128 cm³/mol. The van der Waals surface area contributed by atoms with Gasteiger partial charge >= 0.3 is 0 Å². The number of carbonyl (C=O) groups excluding carboxylic acids is 1. The molecule has 1 aromatic rings. The monoisotopic (exact) mass is 391 g/mol. The van der Waals surface area contributed by atoms with Gasteiger partial charge in [0.05, 0.1) is 0 Å². The molecule has 2 heteroatoms. The molecular formula is C27H37NO. The van der Waals surface area contributed by atoms with Crippen LogP contribution in [0.3, 0.4) is 0 Å². The standard InChI is InChI=1S/C27H37NO/c1-8-13-20(4)16-17-26(22(6)28-18-9-2)27(23(7)29)19-24-14-11-12-15-25(24)21(5)10-3/h9,11-12,14-19,21H,8,10,13H2,1-7H3/b18-9-,20-16-,26-17+,27-19+,28-22+. The molecule has 1 atom stereocenters. The average molecular weight is 392 g/mol. The molecule has 29 heavy (non-hydrogen) atoms. The molecule has 0 amide bonds. The van der Waals surface area contributed by atoms with Gasteiger partial charge in [-0.3, -0.25) is 9.79 Å². The smallest absolute Gasteiger partial charge is 0.160 e. The van der Waals surface area contributed by atoms with Crippen molar-refractivity contribution in [2.24, 2.45) is 4.99 Å². The van der Waals surface area contributed by atoms with E-state index in [0.717, 1.165) is 36.1 Å². The van der Waals surface area contributed by atoms with Gasteiger partial charge in [0.1, 0.15) is 0 Å². The maximum absolute atomic E-state index is 12.7. The highest BCUT2D eigenvalue weighted by molar-refractivity contribution is 6.15. The Morgan fingerprint density at radius 3 is 2.34 bits per heavy atom. The molecule has 0 N–H and O–H groups in total. The molecule has 1 unspecified atom stereocenters. The van der Waals surface area contributed by atoms with Crippen molar-refractivity contribution in [2.75, 3.05) is 0 Å². The van der Waals surface area contributed by atoms with Crippen LogP contribution in [0.5, 0.6) is 0 Å². The lowest BCUT2D eigenvalue weighted by Crippen LogP contribution is -2.08. The van der Waals surface area contributed by atoms with Gasteiger partial charge in [-0.1, -0.05) is 75.3 Å². The summed E-state index contributed by atoms with van der Waals surface area (Å²) >= 11 is 0. The highest BCUT2D eigenvalue weighted by Crippen LogP contribution is 2.27. The molecular weight excluding hydrogens is 354 g/mol. The lowest BCUT2D eigenvalue weighted by molar-refractivity contribution is -0.113. The van der Waals surface area contributed by atoms with E-state index in [1.54, 1.807) is 13.1 Å². The number of benzene rings is 1. The summed E-state index contributed by atoms with van der Waals surface area (Å²) in [4.78, 5) is 17.2. The van der Waals surface area contributed by atoms with Gasteiger partial charge < -0.3 is 0 Å². The number of carbonyl (C=O) groups is 1. The van der Waals surface area contributed by atoms with Crippen molar-refractivity contribution in [1.29, 1.82) is 0 Å². The average Bonchev–Trinajstić information content (AvgIpc) is 2.71. The van der Waals surface area contributed by atoms with Crippen LogP contribution < -0.4 is 0 Å². The van der Waals surface area contributed by atoms with Crippen LogP contribution in [-0.4, -0.2) is 11.5 Å². The molecule has 0 spiro atoms. The zero-order chi connectivity index (χ0) is 21.8. The molecule has 0 aromatic heterocycles. The first-order valence-electron chi connectivity index (χ1n) is 10.7. The minimum Gasteiger partial charge on any atom is -0.294 e. The molecule has 0 saturated heterocycles. The van der Waals surface area contributed by atoms with Crippen LogP contribution in [0.2, 0.25) is 0 Å². The van der Waals surface area contributed by atoms with Crippen molar-refractivity contribution in [3.05, 3.63) is 76.5 Å². The van der Waals surface area contributed by atoms with E-state index in [0.29, 0.717) is 11.5 Å². The number of nitrogens with zero attached hydrogens (tertiary/aromatic N) is 1. The van der Waals surface area contributed by atoms with Crippen molar-refractivity contribution in [3.63, 3.8) is 0 Å². The molecule has 0 radical (unpaired) electrons. The lowest BCUT2D eigenvalue weighted by Gasteiger charge is -2.15. The zero-order valence-corrected chi connectivity index (χ0v) is 19.3. The summed E-state index contributed by atoms with van der Waals surface area (Å²) in [5.41, 5.74) is 6.09. The second-order valence-electron chi connectivity index (χ2n) is 7.59. The van der Waals surface area contributed by atoms with Crippen molar-refractivity contribution < 1.29 is 4.79 Å².